The number of nitrogens with zero attached hydrogens (tertiary/aromatic N) is 2. The average Bonchev–Trinajstić information content (AvgIpc) is 2.65. The van der Waals surface area contributed by atoms with Gasteiger partial charge in [0.2, 0.25) is 10.0 Å². The van der Waals surface area contributed by atoms with Gasteiger partial charge in [-0.2, -0.15) is 9.40 Å². The van der Waals surface area contributed by atoms with E-state index in [0.717, 1.165) is 6.42 Å². The van der Waals surface area contributed by atoms with Crippen LogP contribution in [-0.4, -0.2) is 36.0 Å². The molecule has 1 heterocycles. The molecule has 0 saturated carbocycles. The molecule has 3 N–H and O–H groups in total. The molecule has 0 aromatic carbocycles. The first kappa shape index (κ1) is 12.7. The van der Waals surface area contributed by atoms with E-state index in [4.69, 9.17) is 5.73 Å². The van der Waals surface area contributed by atoms with Crippen LogP contribution in [0.25, 0.3) is 0 Å². The van der Waals surface area contributed by atoms with E-state index < -0.39 is 10.0 Å². The summed E-state index contributed by atoms with van der Waals surface area (Å²) < 4.78 is 25.6. The molecule has 1 aromatic rings. The lowest BCUT2D eigenvalue weighted by Gasteiger charge is -2.19. The standard InChI is InChI=1S/C9H16N4O2S/c1-3-5-13(6-4-2)16(14,15)8-7-11-12-9(8)10/h3,7H,1,4-6H2,2H3,(H3,10,11,12). The van der Waals surface area contributed by atoms with Crippen molar-refractivity contribution in [2.75, 3.05) is 18.8 Å². The van der Waals surface area contributed by atoms with Crippen LogP contribution in [0.1, 0.15) is 13.3 Å². The second-order valence-corrected chi connectivity index (χ2v) is 5.21. The molecule has 0 aliphatic rings. The highest BCUT2D eigenvalue weighted by Gasteiger charge is 2.26. The van der Waals surface area contributed by atoms with Gasteiger partial charge in [-0.15, -0.1) is 6.58 Å². The summed E-state index contributed by atoms with van der Waals surface area (Å²) >= 11 is 0. The molecule has 0 aliphatic carbocycles. The summed E-state index contributed by atoms with van der Waals surface area (Å²) in [6.07, 6.45) is 3.49. The number of sulfonamides is 1. The molecule has 16 heavy (non-hydrogen) atoms. The fourth-order valence-corrected chi connectivity index (χ4v) is 2.84. The van der Waals surface area contributed by atoms with Crippen molar-refractivity contribution in [1.82, 2.24) is 14.5 Å². The molecule has 0 fully saturated rings. The highest BCUT2D eigenvalue weighted by molar-refractivity contribution is 7.89. The maximum Gasteiger partial charge on any atom is 0.248 e. The fourth-order valence-electron chi connectivity index (χ4n) is 1.33. The van der Waals surface area contributed by atoms with Crippen molar-refractivity contribution in [2.24, 2.45) is 0 Å². The number of nitrogen functional groups attached to an aromatic ring is 1. The fraction of sp³-hybridized carbons (Fsp3) is 0.444. The van der Waals surface area contributed by atoms with E-state index in [0.29, 0.717) is 6.54 Å². The van der Waals surface area contributed by atoms with Gasteiger partial charge in [-0.25, -0.2) is 8.42 Å². The van der Waals surface area contributed by atoms with E-state index in [1.54, 1.807) is 6.08 Å². The number of aromatic nitrogens is 2. The van der Waals surface area contributed by atoms with Crippen molar-refractivity contribution in [3.05, 3.63) is 18.9 Å². The highest BCUT2D eigenvalue weighted by atomic mass is 32.2. The summed E-state index contributed by atoms with van der Waals surface area (Å²) in [6.45, 7) is 6.14. The Hall–Kier alpha value is -1.34. The summed E-state index contributed by atoms with van der Waals surface area (Å²) in [5.74, 6) is 0.0603. The van der Waals surface area contributed by atoms with Gasteiger partial charge in [-0.3, -0.25) is 5.10 Å². The van der Waals surface area contributed by atoms with Crippen LogP contribution in [0.3, 0.4) is 0 Å². The van der Waals surface area contributed by atoms with Gasteiger partial charge >= 0.3 is 0 Å². The number of nitrogens with one attached hydrogen (secondary N) is 1. The van der Waals surface area contributed by atoms with Gasteiger partial charge in [0.05, 0.1) is 6.20 Å². The number of anilines is 1. The first-order chi connectivity index (χ1) is 7.54. The molecule has 1 aromatic heterocycles. The largest absolute Gasteiger partial charge is 0.383 e. The zero-order valence-corrected chi connectivity index (χ0v) is 10.00. The number of H-pyrrole nitrogens is 1. The predicted molar refractivity (Wildman–Crippen MR) is 62.2 cm³/mol. The Labute approximate surface area is 95.2 Å². The molecule has 0 aliphatic heterocycles. The minimum absolute atomic E-state index is 0.0165. The van der Waals surface area contributed by atoms with E-state index in [1.807, 2.05) is 6.92 Å². The number of rotatable bonds is 6. The van der Waals surface area contributed by atoms with Crippen molar-refractivity contribution in [1.29, 1.82) is 0 Å². The maximum atomic E-state index is 12.1. The van der Waals surface area contributed by atoms with Gasteiger partial charge in [0.15, 0.2) is 0 Å². The Morgan fingerprint density at radius 1 is 1.69 bits per heavy atom. The van der Waals surface area contributed by atoms with Gasteiger partial charge in [0.25, 0.3) is 0 Å². The van der Waals surface area contributed by atoms with Crippen LogP contribution in [0.5, 0.6) is 0 Å². The van der Waals surface area contributed by atoms with Crippen molar-refractivity contribution in [3.8, 4) is 0 Å². The van der Waals surface area contributed by atoms with Gasteiger partial charge in [-0.1, -0.05) is 13.0 Å². The first-order valence-corrected chi connectivity index (χ1v) is 6.38. The molecule has 6 nitrogen and oxygen atoms in total. The van der Waals surface area contributed by atoms with Gasteiger partial charge in [0.1, 0.15) is 10.7 Å². The molecule has 0 amide bonds. The smallest absolute Gasteiger partial charge is 0.248 e. The number of hydrogen-bond acceptors (Lipinski definition) is 4. The zero-order chi connectivity index (χ0) is 12.2. The molecular formula is C9H16N4O2S. The predicted octanol–water partition coefficient (Wildman–Crippen LogP) is 0.579. The van der Waals surface area contributed by atoms with E-state index in [9.17, 15) is 8.42 Å². The van der Waals surface area contributed by atoms with Gasteiger partial charge in [0, 0.05) is 13.1 Å². The Morgan fingerprint density at radius 3 is 2.81 bits per heavy atom. The van der Waals surface area contributed by atoms with Crippen molar-refractivity contribution < 1.29 is 8.42 Å². The van der Waals surface area contributed by atoms with Gasteiger partial charge in [-0.05, 0) is 6.42 Å². The third-order valence-corrected chi connectivity index (χ3v) is 3.95. The molecule has 0 atom stereocenters. The van der Waals surface area contributed by atoms with Crippen molar-refractivity contribution in [3.63, 3.8) is 0 Å². The maximum absolute atomic E-state index is 12.1. The van der Waals surface area contributed by atoms with Crippen LogP contribution < -0.4 is 5.73 Å². The Balaban J connectivity index is 3.07. The summed E-state index contributed by atoms with van der Waals surface area (Å²) in [5.41, 5.74) is 5.51. The minimum atomic E-state index is -3.57. The van der Waals surface area contributed by atoms with Crippen LogP contribution in [-0.2, 0) is 10.0 Å². The third kappa shape index (κ3) is 2.42. The van der Waals surface area contributed by atoms with Crippen LogP contribution >= 0.6 is 0 Å². The van der Waals surface area contributed by atoms with Crippen molar-refractivity contribution in [2.45, 2.75) is 18.2 Å². The highest BCUT2D eigenvalue weighted by Crippen LogP contribution is 2.19. The van der Waals surface area contributed by atoms with Crippen LogP contribution in [0.2, 0.25) is 0 Å². The summed E-state index contributed by atoms with van der Waals surface area (Å²) in [5, 5.41) is 6.02. The molecule has 0 spiro atoms. The summed E-state index contributed by atoms with van der Waals surface area (Å²) in [7, 11) is -3.57. The lowest BCUT2D eigenvalue weighted by atomic mass is 10.5. The Bertz CT molecular complexity index is 452. The number of nitrogens with two attached hydrogens (primary N) is 1. The lowest BCUT2D eigenvalue weighted by molar-refractivity contribution is 0.442. The Morgan fingerprint density at radius 2 is 2.38 bits per heavy atom. The molecule has 0 saturated heterocycles. The molecule has 1 rings (SSSR count). The van der Waals surface area contributed by atoms with Crippen LogP contribution in [0, 0.1) is 0 Å². The lowest BCUT2D eigenvalue weighted by Crippen LogP contribution is -2.32. The number of aromatic amines is 1. The third-order valence-electron chi connectivity index (χ3n) is 2.06. The SMILES string of the molecule is C=CCN(CCC)S(=O)(=O)c1cn[nH]c1N. The van der Waals surface area contributed by atoms with Crippen LogP contribution in [0.15, 0.2) is 23.7 Å². The summed E-state index contributed by atoms with van der Waals surface area (Å²) in [4.78, 5) is 0.0165. The second-order valence-electron chi connectivity index (χ2n) is 3.30. The second kappa shape index (κ2) is 5.13. The molecular weight excluding hydrogens is 228 g/mol. The minimum Gasteiger partial charge on any atom is -0.383 e. The molecule has 0 bridgehead atoms. The molecule has 90 valence electrons. The first-order valence-electron chi connectivity index (χ1n) is 4.94. The molecule has 0 radical (unpaired) electrons. The topological polar surface area (TPSA) is 92.1 Å². The number of hydrogen-bond donors (Lipinski definition) is 2. The quantitative estimate of drug-likeness (QED) is 0.716. The Kier molecular flexibility index (Phi) is 4.08. The monoisotopic (exact) mass is 244 g/mol. The van der Waals surface area contributed by atoms with Crippen molar-refractivity contribution >= 4 is 15.8 Å². The van der Waals surface area contributed by atoms with Crippen LogP contribution in [0.4, 0.5) is 5.82 Å². The normalized spacial score (nSPS) is 11.9. The summed E-state index contributed by atoms with van der Waals surface area (Å²) in [6, 6.07) is 0. The molecule has 7 heteroatoms. The van der Waals surface area contributed by atoms with E-state index in [2.05, 4.69) is 16.8 Å². The average molecular weight is 244 g/mol. The zero-order valence-electron chi connectivity index (χ0n) is 9.18. The van der Waals surface area contributed by atoms with E-state index >= 15 is 0 Å². The molecule has 0 unspecified atom stereocenters. The van der Waals surface area contributed by atoms with E-state index in [1.165, 1.54) is 10.5 Å². The van der Waals surface area contributed by atoms with E-state index in [-0.39, 0.29) is 17.3 Å². The van der Waals surface area contributed by atoms with Gasteiger partial charge < -0.3 is 5.73 Å².